The molecule has 0 aliphatic heterocycles. The maximum atomic E-state index is 6.44. The lowest BCUT2D eigenvalue weighted by molar-refractivity contribution is 0.328. The van der Waals surface area contributed by atoms with Crippen molar-refractivity contribution in [2.75, 3.05) is 13.2 Å². The SMILES string of the molecule is CC(C)(C)[Si](C)(C)OC/C=C/c1ccccc1-c1ccccc1-c1ccccc1-c1ccccc1/C=C/CO[Si](C)(C)C(C)(C)C. The Morgan fingerprint density at radius 1 is 0.435 bits per heavy atom. The molecule has 0 fully saturated rings. The van der Waals surface area contributed by atoms with Crippen LogP contribution in [-0.4, -0.2) is 29.8 Å². The summed E-state index contributed by atoms with van der Waals surface area (Å²) in [5.41, 5.74) is 9.69. The van der Waals surface area contributed by atoms with Gasteiger partial charge in [0.1, 0.15) is 0 Å². The summed E-state index contributed by atoms with van der Waals surface area (Å²) >= 11 is 0. The standard InChI is InChI=1S/C42H54O2Si2/c1-41(2,3)45(7,8)43-31-19-23-33-21-11-13-25-35(33)37-27-15-17-29-39(37)40-30-18-16-28-38(40)36-26-14-12-22-34(36)24-20-32-44-46(9,10)42(4,5)6/h11-30H,31-32H2,1-10H3/b23-19+,24-20+. The zero-order valence-corrected chi connectivity index (χ0v) is 31.8. The van der Waals surface area contributed by atoms with E-state index in [1.165, 1.54) is 44.5 Å². The van der Waals surface area contributed by atoms with Crippen molar-refractivity contribution in [3.63, 3.8) is 0 Å². The molecule has 4 aromatic carbocycles. The molecule has 4 aromatic rings. The molecule has 0 saturated carbocycles. The fourth-order valence-electron chi connectivity index (χ4n) is 4.98. The van der Waals surface area contributed by atoms with E-state index in [1.54, 1.807) is 0 Å². The van der Waals surface area contributed by atoms with Gasteiger partial charge < -0.3 is 8.85 Å². The van der Waals surface area contributed by atoms with E-state index in [0.29, 0.717) is 13.2 Å². The van der Waals surface area contributed by atoms with E-state index in [0.717, 1.165) is 0 Å². The van der Waals surface area contributed by atoms with Gasteiger partial charge in [0.15, 0.2) is 16.6 Å². The van der Waals surface area contributed by atoms with Gasteiger partial charge in [0.2, 0.25) is 0 Å². The summed E-state index contributed by atoms with van der Waals surface area (Å²) in [6.45, 7) is 24.2. The number of benzene rings is 4. The zero-order chi connectivity index (χ0) is 33.6. The maximum Gasteiger partial charge on any atom is 0.192 e. The van der Waals surface area contributed by atoms with E-state index >= 15 is 0 Å². The molecule has 46 heavy (non-hydrogen) atoms. The molecule has 242 valence electrons. The van der Waals surface area contributed by atoms with E-state index in [9.17, 15) is 0 Å². The predicted molar refractivity (Wildman–Crippen MR) is 207 cm³/mol. The Hall–Kier alpha value is -3.29. The highest BCUT2D eigenvalue weighted by Gasteiger charge is 2.37. The van der Waals surface area contributed by atoms with Crippen LogP contribution >= 0.6 is 0 Å². The Morgan fingerprint density at radius 2 is 0.696 bits per heavy atom. The van der Waals surface area contributed by atoms with Gasteiger partial charge in [-0.05, 0) is 80.8 Å². The van der Waals surface area contributed by atoms with Crippen LogP contribution in [0.15, 0.2) is 109 Å². The summed E-state index contributed by atoms with van der Waals surface area (Å²) in [5.74, 6) is 0. The van der Waals surface area contributed by atoms with Crippen LogP contribution in [0.3, 0.4) is 0 Å². The highest BCUT2D eigenvalue weighted by molar-refractivity contribution is 6.74. The van der Waals surface area contributed by atoms with E-state index in [-0.39, 0.29) is 10.1 Å². The lowest BCUT2D eigenvalue weighted by Crippen LogP contribution is -2.40. The number of hydrogen-bond donors (Lipinski definition) is 0. The van der Waals surface area contributed by atoms with E-state index in [1.807, 2.05) is 0 Å². The highest BCUT2D eigenvalue weighted by atomic mass is 28.4. The molecule has 0 aromatic heterocycles. The molecule has 0 spiro atoms. The fraction of sp³-hybridized carbons (Fsp3) is 0.333. The van der Waals surface area contributed by atoms with Gasteiger partial charge in [-0.3, -0.25) is 0 Å². The first-order valence-corrected chi connectivity index (χ1v) is 22.4. The van der Waals surface area contributed by atoms with Gasteiger partial charge in [-0.2, -0.15) is 0 Å². The topological polar surface area (TPSA) is 18.5 Å². The van der Waals surface area contributed by atoms with Crippen LogP contribution in [0.1, 0.15) is 52.7 Å². The minimum Gasteiger partial charge on any atom is -0.413 e. The number of rotatable bonds is 11. The molecule has 4 heteroatoms. The minimum atomic E-state index is -1.81. The second-order valence-electron chi connectivity index (χ2n) is 15.2. The van der Waals surface area contributed by atoms with Crippen LogP contribution in [-0.2, 0) is 8.85 Å². The van der Waals surface area contributed by atoms with Crippen molar-refractivity contribution in [2.24, 2.45) is 0 Å². The van der Waals surface area contributed by atoms with Crippen molar-refractivity contribution in [3.05, 3.63) is 120 Å². The van der Waals surface area contributed by atoms with Crippen LogP contribution in [0.25, 0.3) is 45.5 Å². The van der Waals surface area contributed by atoms with Crippen LogP contribution < -0.4 is 0 Å². The predicted octanol–water partition coefficient (Wildman–Crippen LogP) is 12.8. The van der Waals surface area contributed by atoms with Gasteiger partial charge in [-0.25, -0.2) is 0 Å². The molecule has 0 unspecified atom stereocenters. The molecule has 0 heterocycles. The lowest BCUT2D eigenvalue weighted by atomic mass is 9.87. The van der Waals surface area contributed by atoms with Crippen molar-refractivity contribution in [1.29, 1.82) is 0 Å². The molecule has 0 bridgehead atoms. The molecular weight excluding hydrogens is 593 g/mol. The van der Waals surface area contributed by atoms with Gasteiger partial charge in [0, 0.05) is 0 Å². The van der Waals surface area contributed by atoms with E-state index in [2.05, 4.69) is 189 Å². The zero-order valence-electron chi connectivity index (χ0n) is 29.8. The fourth-order valence-corrected chi connectivity index (χ4v) is 6.87. The Labute approximate surface area is 281 Å². The molecule has 4 rings (SSSR count). The molecule has 0 saturated heterocycles. The Bertz CT molecular complexity index is 1540. The van der Waals surface area contributed by atoms with Crippen molar-refractivity contribution in [2.45, 2.75) is 77.8 Å². The molecule has 0 N–H and O–H groups in total. The average molecular weight is 647 g/mol. The molecule has 0 aliphatic rings. The summed E-state index contributed by atoms with van der Waals surface area (Å²) in [6.07, 6.45) is 8.79. The molecule has 0 radical (unpaired) electrons. The Kier molecular flexibility index (Phi) is 11.3. The van der Waals surface area contributed by atoms with Crippen molar-refractivity contribution in [1.82, 2.24) is 0 Å². The third-order valence-corrected chi connectivity index (χ3v) is 18.9. The first-order chi connectivity index (χ1) is 21.6. The van der Waals surface area contributed by atoms with Crippen LogP contribution in [0.4, 0.5) is 0 Å². The van der Waals surface area contributed by atoms with E-state index in [4.69, 9.17) is 8.85 Å². The normalized spacial score (nSPS) is 13.2. The van der Waals surface area contributed by atoms with E-state index < -0.39 is 16.6 Å². The molecule has 0 amide bonds. The Morgan fingerprint density at radius 3 is 1.00 bits per heavy atom. The molecular formula is C42H54O2Si2. The minimum absolute atomic E-state index is 0.192. The summed E-state index contributed by atoms with van der Waals surface area (Å²) < 4.78 is 12.9. The third kappa shape index (κ3) is 8.54. The smallest absolute Gasteiger partial charge is 0.192 e. The summed E-state index contributed by atoms with van der Waals surface area (Å²) in [4.78, 5) is 0. The second kappa shape index (κ2) is 14.6. The average Bonchev–Trinajstić information content (AvgIpc) is 3.01. The first kappa shape index (κ1) is 35.6. The molecule has 0 atom stereocenters. The lowest BCUT2D eigenvalue weighted by Gasteiger charge is -2.35. The van der Waals surface area contributed by atoms with Crippen molar-refractivity contribution in [3.8, 4) is 33.4 Å². The monoisotopic (exact) mass is 646 g/mol. The number of hydrogen-bond acceptors (Lipinski definition) is 2. The van der Waals surface area contributed by atoms with Crippen LogP contribution in [0, 0.1) is 0 Å². The highest BCUT2D eigenvalue weighted by Crippen LogP contribution is 2.41. The van der Waals surface area contributed by atoms with Gasteiger partial charge in [0.25, 0.3) is 0 Å². The van der Waals surface area contributed by atoms with Gasteiger partial charge in [-0.15, -0.1) is 0 Å². The van der Waals surface area contributed by atoms with Crippen LogP contribution in [0.5, 0.6) is 0 Å². The molecule has 0 aliphatic carbocycles. The van der Waals surface area contributed by atoms with Crippen LogP contribution in [0.2, 0.25) is 36.3 Å². The van der Waals surface area contributed by atoms with Crippen molar-refractivity contribution < 1.29 is 8.85 Å². The summed E-state index contributed by atoms with van der Waals surface area (Å²) in [6, 6.07) is 34.9. The maximum absolute atomic E-state index is 6.44. The first-order valence-electron chi connectivity index (χ1n) is 16.6. The summed E-state index contributed by atoms with van der Waals surface area (Å²) in [7, 11) is -3.61. The third-order valence-electron chi connectivity index (χ3n) is 9.93. The van der Waals surface area contributed by atoms with Gasteiger partial charge >= 0.3 is 0 Å². The molecule has 2 nitrogen and oxygen atoms in total. The second-order valence-corrected chi connectivity index (χ2v) is 24.8. The van der Waals surface area contributed by atoms with Gasteiger partial charge in [0.05, 0.1) is 13.2 Å². The Balaban J connectivity index is 1.68. The summed E-state index contributed by atoms with van der Waals surface area (Å²) in [5, 5.41) is 0.385. The van der Waals surface area contributed by atoms with Crippen molar-refractivity contribution >= 4 is 28.8 Å². The quantitative estimate of drug-likeness (QED) is 0.151. The van der Waals surface area contributed by atoms with Gasteiger partial charge in [-0.1, -0.05) is 163 Å². The largest absolute Gasteiger partial charge is 0.413 e.